The first kappa shape index (κ1) is 53.8. The van der Waals surface area contributed by atoms with Gasteiger partial charge in [0.15, 0.2) is 0 Å². The number of hydrogen-bond acceptors (Lipinski definition) is 10. The molecule has 2 aliphatic heterocycles. The molecule has 10 nitrogen and oxygen atoms in total. The molecule has 0 bridgehead atoms. The first-order valence-electron chi connectivity index (χ1n) is 19.7. The van der Waals surface area contributed by atoms with E-state index in [9.17, 15) is 14.4 Å². The lowest BCUT2D eigenvalue weighted by molar-refractivity contribution is -0.139. The molecular weight excluding hydrogens is 664 g/mol. The molecule has 52 heavy (non-hydrogen) atoms. The van der Waals surface area contributed by atoms with Crippen molar-refractivity contribution in [2.45, 2.75) is 164 Å². The highest BCUT2D eigenvalue weighted by Crippen LogP contribution is 2.20. The number of ether oxygens (including phenoxy) is 7. The highest BCUT2D eigenvalue weighted by Gasteiger charge is 2.33. The van der Waals surface area contributed by atoms with Crippen LogP contribution in [0.15, 0.2) is 36.5 Å². The number of hydrogen-bond donors (Lipinski definition) is 0. The third-order valence-electron chi connectivity index (χ3n) is 7.05. The lowest BCUT2D eigenvalue weighted by Crippen LogP contribution is -2.05. The molecule has 0 aromatic carbocycles. The van der Waals surface area contributed by atoms with Gasteiger partial charge in [0, 0.05) is 29.9 Å². The molecule has 2 rings (SSSR count). The van der Waals surface area contributed by atoms with E-state index in [0.29, 0.717) is 54.9 Å². The Morgan fingerprint density at radius 3 is 1.27 bits per heavy atom. The first-order chi connectivity index (χ1) is 24.8. The van der Waals surface area contributed by atoms with Crippen LogP contribution >= 0.6 is 0 Å². The molecule has 0 saturated carbocycles. The highest BCUT2D eigenvalue weighted by molar-refractivity contribution is 5.87. The lowest BCUT2D eigenvalue weighted by Gasteiger charge is -2.02. The van der Waals surface area contributed by atoms with Crippen molar-refractivity contribution >= 4 is 17.9 Å². The summed E-state index contributed by atoms with van der Waals surface area (Å²) >= 11 is 0. The van der Waals surface area contributed by atoms with E-state index in [1.54, 1.807) is 20.8 Å². The molecule has 2 fully saturated rings. The summed E-state index contributed by atoms with van der Waals surface area (Å²) in [6, 6.07) is 0. The van der Waals surface area contributed by atoms with E-state index in [2.05, 4.69) is 61.3 Å². The molecule has 0 aromatic heterocycles. The van der Waals surface area contributed by atoms with Crippen molar-refractivity contribution in [2.75, 3.05) is 52.9 Å². The standard InChI is InChI=1S/C10H18O2.C9H18O2.C9H16O2.C8H14O2.C6H12O2/c1-4-5-6-7-8-12-10(11)9(2)3;1-3-4-5-6-10-7-9-8(2)11-9;1-4-5-6-7-11-9(10)8(2)3;1-4-5-6-10-8(9)7(2)3;1-2-3-7-4-6-5-8-6/h2,4-8H2,1,3H3;8-9H,3-7H2,1-2H3;2,4-7H2,1,3H3;2,4-6H2,1,3H3;6H,2-5H2,1H3. The first-order valence-corrected chi connectivity index (χ1v) is 19.7. The molecule has 0 aliphatic carbocycles. The van der Waals surface area contributed by atoms with E-state index in [-0.39, 0.29) is 17.9 Å². The fraction of sp³-hybridized carbons (Fsp3) is 0.786. The van der Waals surface area contributed by atoms with Crippen molar-refractivity contribution in [3.63, 3.8) is 0 Å². The predicted octanol–water partition coefficient (Wildman–Crippen LogP) is 9.68. The smallest absolute Gasteiger partial charge is 0.333 e. The quantitative estimate of drug-likeness (QED) is 0.0294. The van der Waals surface area contributed by atoms with Crippen molar-refractivity contribution in [3.8, 4) is 0 Å². The topological polar surface area (TPSA) is 122 Å². The Hall–Kier alpha value is -2.53. The van der Waals surface area contributed by atoms with Gasteiger partial charge in [-0.05, 0) is 59.8 Å². The minimum atomic E-state index is -0.284. The molecule has 306 valence electrons. The number of carbonyl (C=O) groups is 3. The Labute approximate surface area is 318 Å². The molecule has 3 unspecified atom stereocenters. The van der Waals surface area contributed by atoms with Gasteiger partial charge in [-0.1, -0.05) is 106 Å². The SMILES string of the molecule is C=C(C)C(=O)OCCCC.C=C(C)C(=O)OCCCCC.C=C(C)C(=O)OCCCCCC.CCCCCOCC1OC1C.CCCOCC1CO1. The van der Waals surface area contributed by atoms with Gasteiger partial charge in [0.05, 0.1) is 45.7 Å². The molecule has 0 aromatic rings. The second kappa shape index (κ2) is 39.7. The van der Waals surface area contributed by atoms with Crippen molar-refractivity contribution in [1.29, 1.82) is 0 Å². The third-order valence-corrected chi connectivity index (χ3v) is 7.05. The maximum atomic E-state index is 10.9. The van der Waals surface area contributed by atoms with Gasteiger partial charge in [-0.2, -0.15) is 0 Å². The summed E-state index contributed by atoms with van der Waals surface area (Å²) in [6.45, 7) is 34.0. The van der Waals surface area contributed by atoms with Gasteiger partial charge in [-0.15, -0.1) is 0 Å². The van der Waals surface area contributed by atoms with Gasteiger partial charge < -0.3 is 33.2 Å². The van der Waals surface area contributed by atoms with Crippen LogP contribution in [0.1, 0.15) is 146 Å². The van der Waals surface area contributed by atoms with E-state index < -0.39 is 0 Å². The Morgan fingerprint density at radius 1 is 0.538 bits per heavy atom. The summed E-state index contributed by atoms with van der Waals surface area (Å²) < 4.78 is 35.3. The molecule has 2 heterocycles. The zero-order valence-corrected chi connectivity index (χ0v) is 34.8. The van der Waals surface area contributed by atoms with E-state index >= 15 is 0 Å². The number of carbonyl (C=O) groups excluding carboxylic acids is 3. The maximum absolute atomic E-state index is 10.9. The summed E-state index contributed by atoms with van der Waals surface area (Å²) in [7, 11) is 0. The molecular formula is C42H78O10. The molecule has 2 saturated heterocycles. The fourth-order valence-electron chi connectivity index (χ4n) is 3.47. The van der Waals surface area contributed by atoms with E-state index in [1.807, 2.05) is 0 Å². The average Bonchev–Trinajstić information content (AvgIpc) is 4.06. The highest BCUT2D eigenvalue weighted by atomic mass is 16.6. The number of unbranched alkanes of at least 4 members (excludes halogenated alkanes) is 8. The summed E-state index contributed by atoms with van der Waals surface area (Å²) in [5.41, 5.74) is 1.42. The fourth-order valence-corrected chi connectivity index (χ4v) is 3.47. The minimum Gasteiger partial charge on any atom is -0.462 e. The van der Waals surface area contributed by atoms with Gasteiger partial charge in [-0.25, -0.2) is 14.4 Å². The maximum Gasteiger partial charge on any atom is 0.333 e. The van der Waals surface area contributed by atoms with Crippen molar-refractivity contribution in [1.82, 2.24) is 0 Å². The minimum absolute atomic E-state index is 0.272. The Kier molecular flexibility index (Phi) is 41.1. The van der Waals surface area contributed by atoms with Crippen LogP contribution in [0.25, 0.3) is 0 Å². The summed E-state index contributed by atoms with van der Waals surface area (Å²) in [5.74, 6) is -0.832. The largest absolute Gasteiger partial charge is 0.462 e. The third kappa shape index (κ3) is 43.6. The lowest BCUT2D eigenvalue weighted by atomic mass is 10.2. The monoisotopic (exact) mass is 743 g/mol. The van der Waals surface area contributed by atoms with E-state index in [0.717, 1.165) is 84.4 Å². The van der Waals surface area contributed by atoms with Crippen molar-refractivity contribution in [2.24, 2.45) is 0 Å². The van der Waals surface area contributed by atoms with E-state index in [1.165, 1.54) is 32.1 Å². The van der Waals surface area contributed by atoms with Gasteiger partial charge in [0.2, 0.25) is 0 Å². The molecule has 0 amide bonds. The van der Waals surface area contributed by atoms with Crippen LogP contribution in [0.2, 0.25) is 0 Å². The van der Waals surface area contributed by atoms with Gasteiger partial charge >= 0.3 is 17.9 Å². The molecule has 3 atom stereocenters. The van der Waals surface area contributed by atoms with Crippen LogP contribution < -0.4 is 0 Å². The van der Waals surface area contributed by atoms with Crippen molar-refractivity contribution < 1.29 is 47.5 Å². The second-order valence-corrected chi connectivity index (χ2v) is 13.1. The van der Waals surface area contributed by atoms with Crippen LogP contribution in [-0.2, 0) is 47.5 Å². The van der Waals surface area contributed by atoms with Crippen LogP contribution in [0.4, 0.5) is 0 Å². The number of esters is 3. The zero-order chi connectivity index (χ0) is 40.0. The average molecular weight is 743 g/mol. The van der Waals surface area contributed by atoms with Crippen LogP contribution in [0.3, 0.4) is 0 Å². The summed E-state index contributed by atoms with van der Waals surface area (Å²) in [6.07, 6.45) is 15.8. The zero-order valence-electron chi connectivity index (χ0n) is 34.8. The normalized spacial score (nSPS) is 16.0. The number of rotatable bonds is 25. The van der Waals surface area contributed by atoms with Crippen molar-refractivity contribution in [3.05, 3.63) is 36.5 Å². The molecule has 0 spiro atoms. The number of epoxide rings is 2. The van der Waals surface area contributed by atoms with Crippen LogP contribution in [0, 0.1) is 0 Å². The summed E-state index contributed by atoms with van der Waals surface area (Å²) in [5, 5.41) is 0. The van der Waals surface area contributed by atoms with Crippen LogP contribution in [0.5, 0.6) is 0 Å². The molecule has 10 heteroatoms. The predicted molar refractivity (Wildman–Crippen MR) is 211 cm³/mol. The van der Waals surface area contributed by atoms with Gasteiger partial charge in [0.25, 0.3) is 0 Å². The van der Waals surface area contributed by atoms with Gasteiger partial charge in [0.1, 0.15) is 12.2 Å². The second-order valence-electron chi connectivity index (χ2n) is 13.1. The Morgan fingerprint density at radius 2 is 0.904 bits per heavy atom. The van der Waals surface area contributed by atoms with E-state index in [4.69, 9.17) is 33.2 Å². The van der Waals surface area contributed by atoms with Gasteiger partial charge in [-0.3, -0.25) is 0 Å². The Bertz CT molecular complexity index is 912. The molecule has 0 radical (unpaired) electrons. The Balaban J connectivity index is -0.000000580. The summed E-state index contributed by atoms with van der Waals surface area (Å²) in [4.78, 5) is 32.3. The molecule has 2 aliphatic rings. The van der Waals surface area contributed by atoms with Crippen LogP contribution in [-0.4, -0.2) is 89.1 Å². The molecule has 0 N–H and O–H groups in total.